The molecule has 0 unspecified atom stereocenters. The Hall–Kier alpha value is -1.70. The first kappa shape index (κ1) is 14.7. The Kier molecular flexibility index (Phi) is 3.94. The van der Waals surface area contributed by atoms with Crippen molar-refractivity contribution in [1.82, 2.24) is 9.55 Å². The second kappa shape index (κ2) is 5.35. The van der Waals surface area contributed by atoms with Gasteiger partial charge in [0.15, 0.2) is 0 Å². The van der Waals surface area contributed by atoms with Gasteiger partial charge >= 0.3 is 5.69 Å². The maximum atomic E-state index is 11.8. The summed E-state index contributed by atoms with van der Waals surface area (Å²) in [4.78, 5) is 25.3. The van der Waals surface area contributed by atoms with Crippen LogP contribution in [0.4, 0.5) is 0 Å². The number of aliphatic hydroxyl groups excluding tert-OH is 2. The van der Waals surface area contributed by atoms with Gasteiger partial charge in [0.25, 0.3) is 5.56 Å². The first-order chi connectivity index (χ1) is 9.43. The summed E-state index contributed by atoms with van der Waals surface area (Å²) in [6, 6.07) is 0. The molecular formula is C13H18N2O5. The van der Waals surface area contributed by atoms with E-state index in [2.05, 4.69) is 11.6 Å². The average molecular weight is 282 g/mol. The summed E-state index contributed by atoms with van der Waals surface area (Å²) in [6.45, 7) is 4.77. The number of hydrogen-bond acceptors (Lipinski definition) is 5. The topological polar surface area (TPSA) is 105 Å². The first-order valence-electron chi connectivity index (χ1n) is 6.33. The highest BCUT2D eigenvalue weighted by Crippen LogP contribution is 2.38. The molecule has 2 heterocycles. The van der Waals surface area contributed by atoms with Crippen molar-refractivity contribution in [2.24, 2.45) is 0 Å². The van der Waals surface area contributed by atoms with Crippen molar-refractivity contribution in [2.45, 2.75) is 37.7 Å². The lowest BCUT2D eigenvalue weighted by molar-refractivity contribution is -0.126. The second-order valence-corrected chi connectivity index (χ2v) is 5.02. The third kappa shape index (κ3) is 2.35. The number of aliphatic hydroxyl groups is 2. The third-order valence-corrected chi connectivity index (χ3v) is 3.62. The Morgan fingerprint density at radius 3 is 2.95 bits per heavy atom. The van der Waals surface area contributed by atoms with Crippen molar-refractivity contribution >= 4 is 0 Å². The van der Waals surface area contributed by atoms with Crippen LogP contribution in [0.25, 0.3) is 0 Å². The molecule has 0 spiro atoms. The van der Waals surface area contributed by atoms with Gasteiger partial charge in [0, 0.05) is 18.2 Å². The molecule has 1 saturated heterocycles. The predicted molar refractivity (Wildman–Crippen MR) is 71.4 cm³/mol. The van der Waals surface area contributed by atoms with Crippen molar-refractivity contribution in [3.63, 3.8) is 0 Å². The molecule has 0 radical (unpaired) electrons. The SMILES string of the molecule is C=CC[C@]1(CO)O[C@@H](n2cc(C)c(=O)[nH]c2=O)C[C@H]1O. The van der Waals surface area contributed by atoms with Gasteiger partial charge in [-0.05, 0) is 13.3 Å². The van der Waals surface area contributed by atoms with Crippen LogP contribution in [0.5, 0.6) is 0 Å². The Bertz CT molecular complexity index is 620. The highest BCUT2D eigenvalue weighted by molar-refractivity contribution is 5.04. The van der Waals surface area contributed by atoms with E-state index in [9.17, 15) is 19.8 Å². The summed E-state index contributed by atoms with van der Waals surface area (Å²) in [7, 11) is 0. The third-order valence-electron chi connectivity index (χ3n) is 3.62. The highest BCUT2D eigenvalue weighted by Gasteiger charge is 2.47. The molecule has 1 aromatic heterocycles. The number of nitrogens with zero attached hydrogens (tertiary/aromatic N) is 1. The zero-order chi connectivity index (χ0) is 14.9. The minimum absolute atomic E-state index is 0.153. The summed E-state index contributed by atoms with van der Waals surface area (Å²) >= 11 is 0. The van der Waals surface area contributed by atoms with Crippen LogP contribution in [-0.2, 0) is 4.74 Å². The number of aromatic amines is 1. The van der Waals surface area contributed by atoms with Gasteiger partial charge in [0.05, 0.1) is 12.7 Å². The summed E-state index contributed by atoms with van der Waals surface area (Å²) in [5.74, 6) is 0. The number of H-pyrrole nitrogens is 1. The number of ether oxygens (including phenoxy) is 1. The lowest BCUT2D eigenvalue weighted by Gasteiger charge is -2.28. The molecule has 2 rings (SSSR count). The zero-order valence-electron chi connectivity index (χ0n) is 11.2. The molecule has 1 fully saturated rings. The maximum Gasteiger partial charge on any atom is 0.330 e. The first-order valence-corrected chi connectivity index (χ1v) is 6.33. The van der Waals surface area contributed by atoms with Crippen molar-refractivity contribution < 1.29 is 14.9 Å². The van der Waals surface area contributed by atoms with Crippen LogP contribution in [0, 0.1) is 6.92 Å². The number of aryl methyl sites for hydroxylation is 1. The molecule has 1 aliphatic heterocycles. The quantitative estimate of drug-likeness (QED) is 0.642. The standard InChI is InChI=1S/C13H18N2O5/c1-3-4-13(7-16)9(17)5-10(20-13)15-6-8(2)11(18)14-12(15)19/h3,6,9-10,16-17H,1,4-5,7H2,2H3,(H,14,18,19)/t9-,10-,13-/m1/s1. The van der Waals surface area contributed by atoms with Crippen LogP contribution in [0.3, 0.4) is 0 Å². The van der Waals surface area contributed by atoms with Gasteiger partial charge in [-0.15, -0.1) is 6.58 Å². The molecule has 0 bridgehead atoms. The van der Waals surface area contributed by atoms with E-state index < -0.39 is 29.2 Å². The molecule has 20 heavy (non-hydrogen) atoms. The molecule has 3 N–H and O–H groups in total. The Morgan fingerprint density at radius 2 is 2.35 bits per heavy atom. The van der Waals surface area contributed by atoms with E-state index in [1.165, 1.54) is 10.8 Å². The average Bonchev–Trinajstić information content (AvgIpc) is 2.72. The molecule has 0 amide bonds. The van der Waals surface area contributed by atoms with E-state index >= 15 is 0 Å². The maximum absolute atomic E-state index is 11.8. The van der Waals surface area contributed by atoms with Gasteiger partial charge < -0.3 is 14.9 Å². The molecular weight excluding hydrogens is 264 g/mol. The highest BCUT2D eigenvalue weighted by atomic mass is 16.6. The van der Waals surface area contributed by atoms with Crippen LogP contribution < -0.4 is 11.2 Å². The van der Waals surface area contributed by atoms with E-state index in [0.29, 0.717) is 5.56 Å². The van der Waals surface area contributed by atoms with Crippen molar-refractivity contribution in [2.75, 3.05) is 6.61 Å². The predicted octanol–water partition coefficient (Wildman–Crippen LogP) is -0.568. The lowest BCUT2D eigenvalue weighted by Crippen LogP contribution is -2.43. The summed E-state index contributed by atoms with van der Waals surface area (Å²) in [6.07, 6.45) is 1.69. The molecule has 1 aromatic rings. The molecule has 110 valence electrons. The Labute approximate surface area is 115 Å². The summed E-state index contributed by atoms with van der Waals surface area (Å²) in [5, 5.41) is 19.6. The van der Waals surface area contributed by atoms with Gasteiger partial charge in [-0.2, -0.15) is 0 Å². The van der Waals surface area contributed by atoms with Gasteiger partial charge in [-0.3, -0.25) is 14.3 Å². The largest absolute Gasteiger partial charge is 0.393 e. The fourth-order valence-corrected chi connectivity index (χ4v) is 2.41. The van der Waals surface area contributed by atoms with Crippen molar-refractivity contribution in [3.8, 4) is 0 Å². The number of aromatic nitrogens is 2. The Balaban J connectivity index is 2.37. The van der Waals surface area contributed by atoms with E-state index in [-0.39, 0.29) is 19.4 Å². The van der Waals surface area contributed by atoms with Crippen molar-refractivity contribution in [3.05, 3.63) is 45.3 Å². The molecule has 0 aromatic carbocycles. The fraction of sp³-hybridized carbons (Fsp3) is 0.538. The molecule has 3 atom stereocenters. The number of hydrogen-bond donors (Lipinski definition) is 3. The number of nitrogens with one attached hydrogen (secondary N) is 1. The van der Waals surface area contributed by atoms with E-state index in [0.717, 1.165) is 0 Å². The molecule has 7 nitrogen and oxygen atoms in total. The summed E-state index contributed by atoms with van der Waals surface area (Å²) in [5.41, 5.74) is -1.85. The van der Waals surface area contributed by atoms with Crippen LogP contribution >= 0.6 is 0 Å². The molecule has 0 aliphatic carbocycles. The van der Waals surface area contributed by atoms with Gasteiger partial charge in [0.1, 0.15) is 11.8 Å². The van der Waals surface area contributed by atoms with Gasteiger partial charge in [0.2, 0.25) is 0 Å². The van der Waals surface area contributed by atoms with E-state index in [4.69, 9.17) is 4.74 Å². The van der Waals surface area contributed by atoms with Gasteiger partial charge in [-0.1, -0.05) is 6.08 Å². The number of rotatable bonds is 4. The van der Waals surface area contributed by atoms with Gasteiger partial charge in [-0.25, -0.2) is 4.79 Å². The monoisotopic (exact) mass is 282 g/mol. The minimum atomic E-state index is -1.16. The molecule has 7 heteroatoms. The van der Waals surface area contributed by atoms with Crippen LogP contribution in [0.2, 0.25) is 0 Å². The fourth-order valence-electron chi connectivity index (χ4n) is 2.41. The molecule has 0 saturated carbocycles. The zero-order valence-corrected chi connectivity index (χ0v) is 11.2. The normalized spacial score (nSPS) is 29.6. The van der Waals surface area contributed by atoms with Crippen LogP contribution in [0.15, 0.2) is 28.4 Å². The summed E-state index contributed by atoms with van der Waals surface area (Å²) < 4.78 is 6.90. The minimum Gasteiger partial charge on any atom is -0.393 e. The van der Waals surface area contributed by atoms with Crippen molar-refractivity contribution in [1.29, 1.82) is 0 Å². The van der Waals surface area contributed by atoms with Crippen LogP contribution in [0.1, 0.15) is 24.6 Å². The van der Waals surface area contributed by atoms with E-state index in [1.807, 2.05) is 0 Å². The molecule has 1 aliphatic rings. The Morgan fingerprint density at radius 1 is 1.65 bits per heavy atom. The lowest BCUT2D eigenvalue weighted by atomic mass is 9.94. The second-order valence-electron chi connectivity index (χ2n) is 5.02. The van der Waals surface area contributed by atoms with E-state index in [1.54, 1.807) is 13.0 Å². The van der Waals surface area contributed by atoms with Crippen LogP contribution in [-0.4, -0.2) is 38.1 Å². The smallest absolute Gasteiger partial charge is 0.330 e.